The molecule has 2 aliphatic rings. The molecule has 1 atom stereocenters. The molecule has 1 saturated heterocycles. The smallest absolute Gasteiger partial charge is 0.377 e. The molecular formula is C25H25F3N4O4. The summed E-state index contributed by atoms with van der Waals surface area (Å²) in [5.74, 6) is -3.40. The maximum absolute atomic E-state index is 13.5. The van der Waals surface area contributed by atoms with E-state index >= 15 is 0 Å². The van der Waals surface area contributed by atoms with Gasteiger partial charge >= 0.3 is 12.1 Å². The molecule has 3 amide bonds. The average molecular weight is 502 g/mol. The molecular weight excluding hydrogens is 477 g/mol. The third kappa shape index (κ3) is 5.40. The van der Waals surface area contributed by atoms with Gasteiger partial charge in [-0.1, -0.05) is 42.5 Å². The zero-order valence-electron chi connectivity index (χ0n) is 19.2. The van der Waals surface area contributed by atoms with Crippen molar-refractivity contribution in [2.24, 2.45) is 0 Å². The molecule has 1 aliphatic heterocycles. The Labute approximate surface area is 205 Å². The zero-order chi connectivity index (χ0) is 25.9. The number of halogens is 3. The molecule has 1 heterocycles. The summed E-state index contributed by atoms with van der Waals surface area (Å²) in [5, 5.41) is 11.9. The molecule has 1 saturated carbocycles. The molecule has 190 valence electrons. The van der Waals surface area contributed by atoms with E-state index in [0.29, 0.717) is 13.2 Å². The maximum atomic E-state index is 13.5. The molecule has 1 unspecified atom stereocenters. The van der Waals surface area contributed by atoms with Gasteiger partial charge < -0.3 is 20.3 Å². The summed E-state index contributed by atoms with van der Waals surface area (Å²) < 4.78 is 42.7. The zero-order valence-corrected chi connectivity index (χ0v) is 19.2. The Kier molecular flexibility index (Phi) is 7.11. The van der Waals surface area contributed by atoms with Gasteiger partial charge in [0.15, 0.2) is 0 Å². The third-order valence-corrected chi connectivity index (χ3v) is 6.40. The molecule has 4 rings (SSSR count). The molecule has 2 aromatic carbocycles. The lowest BCUT2D eigenvalue weighted by Gasteiger charge is -2.38. The van der Waals surface area contributed by atoms with Crippen LogP contribution in [-0.4, -0.2) is 67.0 Å². The van der Waals surface area contributed by atoms with Gasteiger partial charge in [-0.15, -0.1) is 0 Å². The molecule has 8 nitrogen and oxygen atoms in total. The summed E-state index contributed by atoms with van der Waals surface area (Å²) >= 11 is 0. The van der Waals surface area contributed by atoms with Crippen LogP contribution >= 0.6 is 0 Å². The quantitative estimate of drug-likeness (QED) is 0.416. The van der Waals surface area contributed by atoms with E-state index < -0.39 is 29.2 Å². The number of amidine groups is 1. The molecule has 0 aromatic heterocycles. The second-order valence-corrected chi connectivity index (χ2v) is 8.79. The summed E-state index contributed by atoms with van der Waals surface area (Å²) in [6.45, 7) is 1.29. The van der Waals surface area contributed by atoms with Crippen molar-refractivity contribution in [2.45, 2.75) is 30.5 Å². The normalized spacial score (nSPS) is 18.8. The molecule has 36 heavy (non-hydrogen) atoms. The summed E-state index contributed by atoms with van der Waals surface area (Å²) in [6, 6.07) is 14.5. The van der Waals surface area contributed by atoms with Crippen LogP contribution in [0, 0.1) is 5.41 Å². The summed E-state index contributed by atoms with van der Waals surface area (Å²) in [6.07, 6.45) is -3.56. The Hall–Kier alpha value is -3.73. The van der Waals surface area contributed by atoms with Gasteiger partial charge in [-0.05, 0) is 30.5 Å². The van der Waals surface area contributed by atoms with Gasteiger partial charge in [0.1, 0.15) is 5.84 Å². The number of carbonyl (C=O) groups is 3. The summed E-state index contributed by atoms with van der Waals surface area (Å²) in [7, 11) is 0. The lowest BCUT2D eigenvalue weighted by Crippen LogP contribution is -2.56. The minimum Gasteiger partial charge on any atom is -0.377 e. The van der Waals surface area contributed by atoms with Crippen LogP contribution in [0.4, 0.5) is 13.2 Å². The lowest BCUT2D eigenvalue weighted by atomic mass is 9.93. The number of benzene rings is 2. The first kappa shape index (κ1) is 25.4. The number of ether oxygens (including phenoxy) is 1. The molecule has 0 spiro atoms. The van der Waals surface area contributed by atoms with Gasteiger partial charge in [-0.3, -0.25) is 19.8 Å². The van der Waals surface area contributed by atoms with Crippen LogP contribution < -0.4 is 10.6 Å². The second-order valence-electron chi connectivity index (χ2n) is 8.79. The van der Waals surface area contributed by atoms with E-state index in [-0.39, 0.29) is 36.2 Å². The Morgan fingerprint density at radius 2 is 1.67 bits per heavy atom. The monoisotopic (exact) mass is 502 g/mol. The highest BCUT2D eigenvalue weighted by Crippen LogP contribution is 2.49. The number of nitrogens with one attached hydrogen (secondary N) is 3. The highest BCUT2D eigenvalue weighted by Gasteiger charge is 2.54. The minimum atomic E-state index is -5.11. The molecule has 11 heteroatoms. The largest absolute Gasteiger partial charge is 0.471 e. The van der Waals surface area contributed by atoms with Gasteiger partial charge in [0.25, 0.3) is 5.91 Å². The van der Waals surface area contributed by atoms with E-state index in [9.17, 15) is 27.6 Å². The van der Waals surface area contributed by atoms with Crippen molar-refractivity contribution < 1.29 is 32.3 Å². The van der Waals surface area contributed by atoms with E-state index in [2.05, 4.69) is 5.32 Å². The third-order valence-electron chi connectivity index (χ3n) is 6.40. The minimum absolute atomic E-state index is 0.0113. The Bertz CT molecular complexity index is 1150. The number of amides is 3. The number of rotatable bonds is 6. The van der Waals surface area contributed by atoms with Crippen LogP contribution in [-0.2, 0) is 19.7 Å². The predicted octanol–water partition coefficient (Wildman–Crippen LogP) is 2.38. The first-order valence-corrected chi connectivity index (χ1v) is 11.4. The van der Waals surface area contributed by atoms with Gasteiger partial charge in [0.2, 0.25) is 5.91 Å². The van der Waals surface area contributed by atoms with Crippen molar-refractivity contribution in [1.29, 1.82) is 5.41 Å². The number of carbonyl (C=O) groups excluding carboxylic acids is 3. The van der Waals surface area contributed by atoms with Crippen LogP contribution in [0.1, 0.15) is 34.3 Å². The topological polar surface area (TPSA) is 112 Å². The molecule has 1 aliphatic carbocycles. The average Bonchev–Trinajstić information content (AvgIpc) is 3.69. The molecule has 2 aromatic rings. The van der Waals surface area contributed by atoms with E-state index in [0.717, 1.165) is 18.4 Å². The SMILES string of the molecule is N=C(NC(=O)C(F)(F)F)c1ccc(C(=O)NCC2COCCN2C(=O)C2(c3ccccc3)CC2)cc1. The van der Waals surface area contributed by atoms with E-state index in [1.54, 1.807) is 4.90 Å². The van der Waals surface area contributed by atoms with Crippen molar-refractivity contribution in [1.82, 2.24) is 15.5 Å². The van der Waals surface area contributed by atoms with Crippen LogP contribution in [0.5, 0.6) is 0 Å². The van der Waals surface area contributed by atoms with E-state index in [4.69, 9.17) is 10.1 Å². The first-order chi connectivity index (χ1) is 17.1. The fourth-order valence-corrected chi connectivity index (χ4v) is 4.23. The lowest BCUT2D eigenvalue weighted by molar-refractivity contribution is -0.171. The standard InChI is InChI=1S/C25H25F3N4O4/c26-25(27,28)22(34)31-20(29)16-6-8-17(9-7-16)21(33)30-14-19-15-36-13-12-32(19)23(35)24(10-11-24)18-4-2-1-3-5-18/h1-9,19H,10-15H2,(H,30,33)(H2,29,31,34). The van der Waals surface area contributed by atoms with Gasteiger partial charge in [0.05, 0.1) is 24.7 Å². The van der Waals surface area contributed by atoms with Crippen molar-refractivity contribution >= 4 is 23.6 Å². The van der Waals surface area contributed by atoms with Crippen LogP contribution in [0.3, 0.4) is 0 Å². The second kappa shape index (κ2) is 10.1. The number of nitrogens with zero attached hydrogens (tertiary/aromatic N) is 1. The first-order valence-electron chi connectivity index (χ1n) is 11.4. The Balaban J connectivity index is 1.36. The van der Waals surface area contributed by atoms with Crippen LogP contribution in [0.2, 0.25) is 0 Å². The van der Waals surface area contributed by atoms with Gasteiger partial charge in [0, 0.05) is 24.2 Å². The number of morpholine rings is 1. The van der Waals surface area contributed by atoms with Crippen LogP contribution in [0.15, 0.2) is 54.6 Å². The summed E-state index contributed by atoms with van der Waals surface area (Å²) in [4.78, 5) is 38.9. The van der Waals surface area contributed by atoms with Crippen molar-refractivity contribution in [3.05, 3.63) is 71.3 Å². The Morgan fingerprint density at radius 3 is 2.28 bits per heavy atom. The van der Waals surface area contributed by atoms with E-state index in [1.165, 1.54) is 29.6 Å². The molecule has 0 radical (unpaired) electrons. The van der Waals surface area contributed by atoms with Crippen molar-refractivity contribution in [3.63, 3.8) is 0 Å². The molecule has 3 N–H and O–H groups in total. The predicted molar refractivity (Wildman–Crippen MR) is 123 cm³/mol. The molecule has 2 fully saturated rings. The number of hydrogen-bond donors (Lipinski definition) is 3. The van der Waals surface area contributed by atoms with E-state index in [1.807, 2.05) is 30.3 Å². The highest BCUT2D eigenvalue weighted by molar-refractivity contribution is 6.08. The fraction of sp³-hybridized carbons (Fsp3) is 0.360. The highest BCUT2D eigenvalue weighted by atomic mass is 19.4. The van der Waals surface area contributed by atoms with Crippen molar-refractivity contribution in [3.8, 4) is 0 Å². The maximum Gasteiger partial charge on any atom is 0.471 e. The Morgan fingerprint density at radius 1 is 1.03 bits per heavy atom. The van der Waals surface area contributed by atoms with Gasteiger partial charge in [-0.2, -0.15) is 13.2 Å². The van der Waals surface area contributed by atoms with Crippen LogP contribution in [0.25, 0.3) is 0 Å². The fourth-order valence-electron chi connectivity index (χ4n) is 4.23. The van der Waals surface area contributed by atoms with Crippen molar-refractivity contribution in [2.75, 3.05) is 26.3 Å². The summed E-state index contributed by atoms with van der Waals surface area (Å²) in [5.41, 5.74) is 0.688. The number of alkyl halides is 3. The molecule has 0 bridgehead atoms. The van der Waals surface area contributed by atoms with Gasteiger partial charge in [-0.25, -0.2) is 0 Å². The number of hydrogen-bond acceptors (Lipinski definition) is 5.